The van der Waals surface area contributed by atoms with E-state index in [1.54, 1.807) is 19.5 Å². The van der Waals surface area contributed by atoms with Gasteiger partial charge in [-0.1, -0.05) is 30.3 Å². The summed E-state index contributed by atoms with van der Waals surface area (Å²) in [6.45, 7) is 2.70. The van der Waals surface area contributed by atoms with Gasteiger partial charge in [0.25, 0.3) is 5.91 Å². The van der Waals surface area contributed by atoms with Crippen molar-refractivity contribution in [2.75, 3.05) is 18.6 Å². The van der Waals surface area contributed by atoms with Crippen molar-refractivity contribution in [2.24, 2.45) is 0 Å². The molecule has 0 radical (unpaired) electrons. The third-order valence-corrected chi connectivity index (χ3v) is 5.18. The van der Waals surface area contributed by atoms with Gasteiger partial charge in [0, 0.05) is 30.7 Å². The Bertz CT molecular complexity index is 987. The molecule has 6 heteroatoms. The Kier molecular flexibility index (Phi) is 5.42. The van der Waals surface area contributed by atoms with Gasteiger partial charge in [-0.3, -0.25) is 4.79 Å². The van der Waals surface area contributed by atoms with Crippen molar-refractivity contribution in [1.29, 1.82) is 0 Å². The highest BCUT2D eigenvalue weighted by molar-refractivity contribution is 5.93. The molecule has 1 aromatic heterocycles. The molecular formula is C23H24N4O2. The van der Waals surface area contributed by atoms with E-state index in [1.807, 2.05) is 30.3 Å². The van der Waals surface area contributed by atoms with Gasteiger partial charge in [-0.05, 0) is 49.1 Å². The second kappa shape index (κ2) is 8.31. The highest BCUT2D eigenvalue weighted by Gasteiger charge is 2.28. The lowest BCUT2D eigenvalue weighted by Crippen LogP contribution is -2.28. The molecule has 2 heterocycles. The first-order valence-corrected chi connectivity index (χ1v) is 9.76. The van der Waals surface area contributed by atoms with Crippen LogP contribution >= 0.6 is 0 Å². The topological polar surface area (TPSA) is 67.3 Å². The lowest BCUT2D eigenvalue weighted by Gasteiger charge is -2.22. The molecule has 1 N–H and O–H groups in total. The summed E-state index contributed by atoms with van der Waals surface area (Å²) in [5.41, 5.74) is 4.03. The minimum atomic E-state index is -0.167. The van der Waals surface area contributed by atoms with E-state index in [1.165, 1.54) is 5.56 Å². The minimum absolute atomic E-state index is 0.167. The molecule has 29 heavy (non-hydrogen) atoms. The van der Waals surface area contributed by atoms with E-state index in [2.05, 4.69) is 45.3 Å². The van der Waals surface area contributed by atoms with Gasteiger partial charge in [0.1, 0.15) is 5.75 Å². The molecule has 1 amide bonds. The monoisotopic (exact) mass is 388 g/mol. The van der Waals surface area contributed by atoms with Crippen molar-refractivity contribution in [2.45, 2.75) is 25.8 Å². The van der Waals surface area contributed by atoms with E-state index in [0.717, 1.165) is 29.8 Å². The van der Waals surface area contributed by atoms with E-state index in [-0.39, 0.29) is 11.9 Å². The summed E-state index contributed by atoms with van der Waals surface area (Å²) in [6.07, 6.45) is 4.90. The highest BCUT2D eigenvalue weighted by Crippen LogP contribution is 2.36. The van der Waals surface area contributed by atoms with Crippen molar-refractivity contribution >= 4 is 17.5 Å². The largest absolute Gasteiger partial charge is 0.497 e. The Balaban J connectivity index is 1.37. The summed E-state index contributed by atoms with van der Waals surface area (Å²) in [5, 5.41) is 2.93. The van der Waals surface area contributed by atoms with Crippen LogP contribution in [0.25, 0.3) is 0 Å². The lowest BCUT2D eigenvalue weighted by atomic mass is 10.1. The summed E-state index contributed by atoms with van der Waals surface area (Å²) in [7, 11) is 1.64. The SMILES string of the molecule is COc1ccc(CCNC(=O)c2cnc(N3c4ccccc4CC3C)nc2)cc1. The summed E-state index contributed by atoms with van der Waals surface area (Å²) >= 11 is 0. The Hall–Kier alpha value is -3.41. The number of benzene rings is 2. The van der Waals surface area contributed by atoms with Crippen LogP contribution in [0.2, 0.25) is 0 Å². The number of nitrogens with zero attached hydrogens (tertiary/aromatic N) is 3. The van der Waals surface area contributed by atoms with Crippen molar-refractivity contribution in [1.82, 2.24) is 15.3 Å². The summed E-state index contributed by atoms with van der Waals surface area (Å²) in [4.78, 5) is 23.4. The number of anilines is 2. The van der Waals surface area contributed by atoms with Gasteiger partial charge in [0.2, 0.25) is 5.95 Å². The predicted molar refractivity (Wildman–Crippen MR) is 113 cm³/mol. The Morgan fingerprint density at radius 2 is 1.86 bits per heavy atom. The maximum absolute atomic E-state index is 12.4. The molecule has 1 unspecified atom stereocenters. The molecule has 0 spiro atoms. The summed E-state index contributed by atoms with van der Waals surface area (Å²) in [5.74, 6) is 1.28. The molecule has 1 aliphatic rings. The van der Waals surface area contributed by atoms with Crippen LogP contribution in [0.15, 0.2) is 60.9 Å². The van der Waals surface area contributed by atoms with Gasteiger partial charge in [-0.2, -0.15) is 0 Å². The first-order chi connectivity index (χ1) is 14.2. The molecule has 148 valence electrons. The molecule has 0 bridgehead atoms. The van der Waals surface area contributed by atoms with Crippen molar-refractivity contribution in [3.63, 3.8) is 0 Å². The molecule has 4 rings (SSSR count). The van der Waals surface area contributed by atoms with Gasteiger partial charge in [-0.15, -0.1) is 0 Å². The number of hydrogen-bond donors (Lipinski definition) is 1. The lowest BCUT2D eigenvalue weighted by molar-refractivity contribution is 0.0953. The molecule has 1 atom stereocenters. The Morgan fingerprint density at radius 3 is 2.59 bits per heavy atom. The number of nitrogens with one attached hydrogen (secondary N) is 1. The van der Waals surface area contributed by atoms with Crippen molar-refractivity contribution in [3.05, 3.63) is 77.6 Å². The van der Waals surface area contributed by atoms with E-state index in [9.17, 15) is 4.79 Å². The number of amides is 1. The Labute approximate surface area is 170 Å². The molecule has 0 fully saturated rings. The van der Waals surface area contributed by atoms with Crippen LogP contribution in [-0.4, -0.2) is 35.6 Å². The van der Waals surface area contributed by atoms with Crippen LogP contribution in [0.3, 0.4) is 0 Å². The number of carbonyl (C=O) groups is 1. The third-order valence-electron chi connectivity index (χ3n) is 5.18. The van der Waals surface area contributed by atoms with Crippen LogP contribution in [0.4, 0.5) is 11.6 Å². The number of rotatable bonds is 6. The average molecular weight is 388 g/mol. The Morgan fingerprint density at radius 1 is 1.14 bits per heavy atom. The quantitative estimate of drug-likeness (QED) is 0.700. The second-order valence-electron chi connectivity index (χ2n) is 7.18. The highest BCUT2D eigenvalue weighted by atomic mass is 16.5. The first-order valence-electron chi connectivity index (χ1n) is 9.76. The fraction of sp³-hybridized carbons (Fsp3) is 0.261. The van der Waals surface area contributed by atoms with E-state index >= 15 is 0 Å². The zero-order valence-electron chi connectivity index (χ0n) is 16.6. The smallest absolute Gasteiger partial charge is 0.254 e. The van der Waals surface area contributed by atoms with Crippen molar-refractivity contribution in [3.8, 4) is 5.75 Å². The summed E-state index contributed by atoms with van der Waals surface area (Å²) in [6, 6.07) is 16.4. The number of ether oxygens (including phenoxy) is 1. The van der Waals surface area contributed by atoms with Gasteiger partial charge >= 0.3 is 0 Å². The van der Waals surface area contributed by atoms with Crippen LogP contribution in [0.5, 0.6) is 5.75 Å². The number of hydrogen-bond acceptors (Lipinski definition) is 5. The number of fused-ring (bicyclic) bond motifs is 1. The normalized spacial score (nSPS) is 15.1. The zero-order valence-corrected chi connectivity index (χ0v) is 16.6. The van der Waals surface area contributed by atoms with Crippen LogP contribution in [-0.2, 0) is 12.8 Å². The second-order valence-corrected chi connectivity index (χ2v) is 7.18. The van der Waals surface area contributed by atoms with Crippen LogP contribution in [0, 0.1) is 0 Å². The maximum Gasteiger partial charge on any atom is 0.254 e. The van der Waals surface area contributed by atoms with Crippen LogP contribution < -0.4 is 15.0 Å². The molecule has 6 nitrogen and oxygen atoms in total. The minimum Gasteiger partial charge on any atom is -0.497 e. The molecule has 3 aromatic rings. The van der Waals surface area contributed by atoms with Gasteiger partial charge in [0.15, 0.2) is 0 Å². The van der Waals surface area contributed by atoms with Crippen molar-refractivity contribution < 1.29 is 9.53 Å². The molecule has 1 aliphatic heterocycles. The standard InChI is InChI=1S/C23H24N4O2/c1-16-13-18-5-3-4-6-21(18)27(16)23-25-14-19(15-26-23)22(28)24-12-11-17-7-9-20(29-2)10-8-17/h3-10,14-16H,11-13H2,1-2H3,(H,24,28). The fourth-order valence-electron chi connectivity index (χ4n) is 3.65. The molecule has 2 aromatic carbocycles. The van der Waals surface area contributed by atoms with Gasteiger partial charge in [0.05, 0.1) is 12.7 Å². The van der Waals surface area contributed by atoms with Gasteiger partial charge < -0.3 is 15.0 Å². The maximum atomic E-state index is 12.4. The first kappa shape index (κ1) is 18.9. The molecule has 0 saturated carbocycles. The molecular weight excluding hydrogens is 364 g/mol. The number of aromatic nitrogens is 2. The summed E-state index contributed by atoms with van der Waals surface area (Å²) < 4.78 is 5.16. The predicted octanol–water partition coefficient (Wildman–Crippen LogP) is 3.54. The number of methoxy groups -OCH3 is 1. The van der Waals surface area contributed by atoms with E-state index in [4.69, 9.17) is 4.74 Å². The fourth-order valence-corrected chi connectivity index (χ4v) is 3.65. The molecule has 0 saturated heterocycles. The number of para-hydroxylation sites is 1. The number of carbonyl (C=O) groups excluding carboxylic acids is 1. The van der Waals surface area contributed by atoms with E-state index < -0.39 is 0 Å². The average Bonchev–Trinajstić information content (AvgIpc) is 3.10. The third kappa shape index (κ3) is 4.06. The zero-order chi connectivity index (χ0) is 20.2. The molecule has 0 aliphatic carbocycles. The van der Waals surface area contributed by atoms with Gasteiger partial charge in [-0.25, -0.2) is 9.97 Å². The van der Waals surface area contributed by atoms with Crippen LogP contribution in [0.1, 0.15) is 28.4 Å². The van der Waals surface area contributed by atoms with E-state index in [0.29, 0.717) is 18.1 Å².